The van der Waals surface area contributed by atoms with Gasteiger partial charge in [0.05, 0.1) is 0 Å². The van der Waals surface area contributed by atoms with Gasteiger partial charge in [0.2, 0.25) is 0 Å². The first-order valence-corrected chi connectivity index (χ1v) is 3.12. The monoisotopic (exact) mass is 151 g/mol. The van der Waals surface area contributed by atoms with E-state index in [2.05, 4.69) is 0 Å². The van der Waals surface area contributed by atoms with Crippen molar-refractivity contribution in [3.63, 3.8) is 0 Å². The molecule has 54 valence electrons. The molecule has 1 atom stereocenters. The third-order valence-electron chi connectivity index (χ3n) is 1.10. The summed E-state index contributed by atoms with van der Waals surface area (Å²) in [6.07, 6.45) is 0.296. The summed E-state index contributed by atoms with van der Waals surface area (Å²) in [7, 11) is 0. The first-order chi connectivity index (χ1) is 4.00. The van der Waals surface area contributed by atoms with Crippen LogP contribution in [0.15, 0.2) is 0 Å². The van der Waals surface area contributed by atoms with Gasteiger partial charge in [-0.2, -0.15) is 0 Å². The van der Waals surface area contributed by atoms with E-state index in [4.69, 9.17) is 22.4 Å². The Morgan fingerprint density at radius 2 is 2.33 bits per heavy atom. The summed E-state index contributed by atoms with van der Waals surface area (Å²) in [5.41, 5.74) is 4.12. The Morgan fingerprint density at radius 3 is 2.44 bits per heavy atom. The highest BCUT2D eigenvalue weighted by Crippen LogP contribution is 2.05. The summed E-state index contributed by atoms with van der Waals surface area (Å²) in [4.78, 5) is 10.2. The Bertz CT molecular complexity index is 114. The first kappa shape index (κ1) is 8.72. The lowest BCUT2D eigenvalue weighted by atomic mass is 10.0. The summed E-state index contributed by atoms with van der Waals surface area (Å²) in [6, 6.07) is 0. The number of alkyl halides is 1. The van der Waals surface area contributed by atoms with Crippen molar-refractivity contribution < 1.29 is 9.90 Å². The van der Waals surface area contributed by atoms with Crippen LogP contribution in [0.1, 0.15) is 13.3 Å². The smallest absolute Gasteiger partial charge is 0.323 e. The van der Waals surface area contributed by atoms with Gasteiger partial charge >= 0.3 is 5.97 Å². The van der Waals surface area contributed by atoms with Gasteiger partial charge in [0.15, 0.2) is 0 Å². The van der Waals surface area contributed by atoms with E-state index in [0.717, 1.165) is 0 Å². The SMILES string of the molecule is C[C@@](N)(CCCl)C(=O)O. The molecule has 0 aliphatic rings. The molecule has 0 rings (SSSR count). The maximum Gasteiger partial charge on any atom is 0.323 e. The van der Waals surface area contributed by atoms with E-state index in [1.165, 1.54) is 6.92 Å². The fraction of sp³-hybridized carbons (Fsp3) is 0.800. The van der Waals surface area contributed by atoms with Crippen LogP contribution in [0.2, 0.25) is 0 Å². The molecule has 0 aliphatic carbocycles. The van der Waals surface area contributed by atoms with Crippen LogP contribution in [0.5, 0.6) is 0 Å². The molecular formula is C5H10ClNO2. The fourth-order valence-corrected chi connectivity index (χ4v) is 0.696. The van der Waals surface area contributed by atoms with E-state index in [9.17, 15) is 4.79 Å². The molecule has 3 nitrogen and oxygen atoms in total. The fourth-order valence-electron chi connectivity index (χ4n) is 0.303. The zero-order valence-corrected chi connectivity index (χ0v) is 5.98. The molecule has 0 saturated heterocycles. The lowest BCUT2D eigenvalue weighted by molar-refractivity contribution is -0.142. The van der Waals surface area contributed by atoms with E-state index < -0.39 is 11.5 Å². The van der Waals surface area contributed by atoms with Crippen LogP contribution in [0.4, 0.5) is 0 Å². The number of hydrogen-bond acceptors (Lipinski definition) is 2. The Balaban J connectivity index is 3.85. The number of carbonyl (C=O) groups is 1. The topological polar surface area (TPSA) is 63.3 Å². The molecule has 0 saturated carbocycles. The first-order valence-electron chi connectivity index (χ1n) is 2.59. The zero-order chi connectivity index (χ0) is 7.49. The van der Waals surface area contributed by atoms with Gasteiger partial charge < -0.3 is 10.8 Å². The van der Waals surface area contributed by atoms with Crippen LogP contribution in [0.25, 0.3) is 0 Å². The van der Waals surface area contributed by atoms with Crippen LogP contribution < -0.4 is 5.73 Å². The Morgan fingerprint density at radius 1 is 1.89 bits per heavy atom. The molecule has 4 heteroatoms. The molecule has 0 aromatic carbocycles. The highest BCUT2D eigenvalue weighted by Gasteiger charge is 2.26. The van der Waals surface area contributed by atoms with E-state index in [1.807, 2.05) is 0 Å². The predicted octanol–water partition coefficient (Wildman–Crippen LogP) is 0.417. The summed E-state index contributed by atoms with van der Waals surface area (Å²) in [5.74, 6) is -0.734. The molecule has 3 N–H and O–H groups in total. The van der Waals surface area contributed by atoms with Gasteiger partial charge in [-0.25, -0.2) is 0 Å². The van der Waals surface area contributed by atoms with Crippen LogP contribution in [0.3, 0.4) is 0 Å². The van der Waals surface area contributed by atoms with Crippen LogP contribution >= 0.6 is 11.6 Å². The third-order valence-corrected chi connectivity index (χ3v) is 1.29. The molecule has 0 aromatic heterocycles. The second kappa shape index (κ2) is 3.03. The molecule has 0 fully saturated rings. The van der Waals surface area contributed by atoms with Gasteiger partial charge in [-0.15, -0.1) is 11.6 Å². The van der Waals surface area contributed by atoms with Crippen molar-refractivity contribution >= 4 is 17.6 Å². The van der Waals surface area contributed by atoms with E-state index in [0.29, 0.717) is 6.42 Å². The minimum absolute atomic E-state index is 0.277. The van der Waals surface area contributed by atoms with E-state index in [-0.39, 0.29) is 5.88 Å². The molecule has 0 spiro atoms. The number of carboxylic acids is 1. The second-order valence-electron chi connectivity index (χ2n) is 2.16. The average Bonchev–Trinajstić information content (AvgIpc) is 1.65. The van der Waals surface area contributed by atoms with Gasteiger partial charge in [0.25, 0.3) is 0 Å². The normalized spacial score (nSPS) is 16.8. The van der Waals surface area contributed by atoms with Crippen molar-refractivity contribution in [3.05, 3.63) is 0 Å². The van der Waals surface area contributed by atoms with Crippen LogP contribution in [0, 0.1) is 0 Å². The highest BCUT2D eigenvalue weighted by atomic mass is 35.5. The van der Waals surface area contributed by atoms with Crippen LogP contribution in [-0.4, -0.2) is 22.5 Å². The quantitative estimate of drug-likeness (QED) is 0.575. The number of nitrogens with two attached hydrogens (primary N) is 1. The van der Waals surface area contributed by atoms with Crippen molar-refractivity contribution in [2.45, 2.75) is 18.9 Å². The molecule has 9 heavy (non-hydrogen) atoms. The summed E-state index contributed by atoms with van der Waals surface area (Å²) in [6.45, 7) is 1.44. The molecule has 0 aromatic rings. The van der Waals surface area contributed by atoms with E-state index in [1.54, 1.807) is 0 Å². The Hall–Kier alpha value is -0.280. The standard InChI is InChI=1S/C5H10ClNO2/c1-5(7,2-3-6)4(8)9/h2-3,7H2,1H3,(H,8,9)/t5-/m1/s1. The van der Waals surface area contributed by atoms with Crippen molar-refractivity contribution in [1.82, 2.24) is 0 Å². The predicted molar refractivity (Wildman–Crippen MR) is 35.6 cm³/mol. The molecular weight excluding hydrogens is 142 g/mol. The average molecular weight is 152 g/mol. The molecule has 0 radical (unpaired) electrons. The van der Waals surface area contributed by atoms with Crippen molar-refractivity contribution in [2.75, 3.05) is 5.88 Å². The van der Waals surface area contributed by atoms with Gasteiger partial charge in [-0.1, -0.05) is 0 Å². The molecule has 0 unspecified atom stereocenters. The van der Waals surface area contributed by atoms with E-state index >= 15 is 0 Å². The maximum atomic E-state index is 10.2. The Kier molecular flexibility index (Phi) is 2.94. The highest BCUT2D eigenvalue weighted by molar-refractivity contribution is 6.18. The molecule has 0 heterocycles. The minimum atomic E-state index is -1.16. The summed E-state index contributed by atoms with van der Waals surface area (Å²) >= 11 is 5.29. The van der Waals surface area contributed by atoms with Gasteiger partial charge in [-0.05, 0) is 13.3 Å². The van der Waals surface area contributed by atoms with Crippen molar-refractivity contribution in [3.8, 4) is 0 Å². The molecule has 0 bridgehead atoms. The minimum Gasteiger partial charge on any atom is -0.480 e. The van der Waals surface area contributed by atoms with Crippen molar-refractivity contribution in [1.29, 1.82) is 0 Å². The summed E-state index contributed by atoms with van der Waals surface area (Å²) in [5, 5.41) is 8.39. The third kappa shape index (κ3) is 2.67. The van der Waals surface area contributed by atoms with Gasteiger partial charge in [0.1, 0.15) is 5.54 Å². The Labute approximate surface area is 58.8 Å². The number of rotatable bonds is 3. The largest absolute Gasteiger partial charge is 0.480 e. The summed E-state index contributed by atoms with van der Waals surface area (Å²) < 4.78 is 0. The van der Waals surface area contributed by atoms with Gasteiger partial charge in [-0.3, -0.25) is 4.79 Å². The number of aliphatic carboxylic acids is 1. The van der Waals surface area contributed by atoms with Crippen LogP contribution in [-0.2, 0) is 4.79 Å². The molecule has 0 aliphatic heterocycles. The zero-order valence-electron chi connectivity index (χ0n) is 5.22. The number of hydrogen-bond donors (Lipinski definition) is 2. The lowest BCUT2D eigenvalue weighted by Gasteiger charge is -2.16. The molecule has 0 amide bonds. The number of carboxylic acid groups (broad SMARTS) is 1. The van der Waals surface area contributed by atoms with Crippen molar-refractivity contribution in [2.24, 2.45) is 5.73 Å². The second-order valence-corrected chi connectivity index (χ2v) is 2.54. The number of halogens is 1. The maximum absolute atomic E-state index is 10.2. The van der Waals surface area contributed by atoms with Gasteiger partial charge in [0, 0.05) is 5.88 Å². The lowest BCUT2D eigenvalue weighted by Crippen LogP contribution is -2.45.